The van der Waals surface area contributed by atoms with Crippen molar-refractivity contribution in [3.05, 3.63) is 59.2 Å². The Morgan fingerprint density at radius 1 is 1.14 bits per heavy atom. The number of amides is 1. The molecular formula is C21H25N3O3S. The van der Waals surface area contributed by atoms with Gasteiger partial charge in [0.25, 0.3) is 10.0 Å². The van der Waals surface area contributed by atoms with Crippen LogP contribution in [0.4, 0.5) is 5.69 Å². The predicted molar refractivity (Wildman–Crippen MR) is 111 cm³/mol. The molecule has 0 saturated heterocycles. The zero-order valence-electron chi connectivity index (χ0n) is 16.5. The predicted octanol–water partition coefficient (Wildman–Crippen LogP) is 3.40. The molecule has 0 spiro atoms. The third-order valence-corrected chi connectivity index (χ3v) is 6.27. The molecule has 1 amide bonds. The maximum absolute atomic E-state index is 13.0. The highest BCUT2D eigenvalue weighted by molar-refractivity contribution is 7.90. The van der Waals surface area contributed by atoms with Gasteiger partial charge in [0, 0.05) is 11.3 Å². The van der Waals surface area contributed by atoms with E-state index in [-0.39, 0.29) is 22.6 Å². The van der Waals surface area contributed by atoms with E-state index in [1.807, 2.05) is 45.9 Å². The van der Waals surface area contributed by atoms with Gasteiger partial charge in [0.1, 0.15) is 11.9 Å². The van der Waals surface area contributed by atoms with Gasteiger partial charge in [0.2, 0.25) is 5.91 Å². The van der Waals surface area contributed by atoms with Gasteiger partial charge in [-0.05, 0) is 55.2 Å². The summed E-state index contributed by atoms with van der Waals surface area (Å²) in [6, 6.07) is 11.8. The lowest BCUT2D eigenvalue weighted by molar-refractivity contribution is -0.118. The second-order valence-electron chi connectivity index (χ2n) is 7.28. The third-order valence-electron chi connectivity index (χ3n) is 4.87. The topological polar surface area (TPSA) is 87.6 Å². The largest absolute Gasteiger partial charge is 0.324 e. The Bertz CT molecular complexity index is 1020. The monoisotopic (exact) mass is 399 g/mol. The summed E-state index contributed by atoms with van der Waals surface area (Å²) in [4.78, 5) is 17.7. The molecule has 6 nitrogen and oxygen atoms in total. The number of carbonyl (C=O) groups excluding carboxylic acids is 1. The summed E-state index contributed by atoms with van der Waals surface area (Å²) in [6.07, 6.45) is 0.732. The number of nitrogens with one attached hydrogen (secondary N) is 2. The zero-order valence-corrected chi connectivity index (χ0v) is 17.3. The average molecular weight is 400 g/mol. The standard InChI is InChI=1S/C21H25N3O3S/c1-5-15(4)19(21(25)22-16-11-13(2)10-14(3)12-16)23-20-17-8-6-7-9-18(17)28(26,27)24-20/h6-12,15,19H,5H2,1-4H3,(H,22,25)(H,23,24). The quantitative estimate of drug-likeness (QED) is 0.808. The molecule has 0 radical (unpaired) electrons. The molecule has 0 aliphatic carbocycles. The average Bonchev–Trinajstić information content (AvgIpc) is 2.89. The summed E-state index contributed by atoms with van der Waals surface area (Å²) in [5.41, 5.74) is 3.32. The van der Waals surface area contributed by atoms with Crippen LogP contribution in [0, 0.1) is 19.8 Å². The number of aliphatic imine (C=N–C) groups is 1. The van der Waals surface area contributed by atoms with E-state index in [9.17, 15) is 13.2 Å². The molecule has 3 rings (SSSR count). The van der Waals surface area contributed by atoms with Crippen molar-refractivity contribution in [1.82, 2.24) is 4.72 Å². The maximum atomic E-state index is 13.0. The van der Waals surface area contributed by atoms with Gasteiger partial charge >= 0.3 is 0 Å². The van der Waals surface area contributed by atoms with E-state index >= 15 is 0 Å². The molecule has 2 N–H and O–H groups in total. The van der Waals surface area contributed by atoms with Gasteiger partial charge in [-0.3, -0.25) is 14.5 Å². The van der Waals surface area contributed by atoms with Crippen molar-refractivity contribution in [1.29, 1.82) is 0 Å². The molecule has 7 heteroatoms. The van der Waals surface area contributed by atoms with Crippen LogP contribution in [0.5, 0.6) is 0 Å². The number of fused-ring (bicyclic) bond motifs is 1. The summed E-state index contributed by atoms with van der Waals surface area (Å²) >= 11 is 0. The Morgan fingerprint density at radius 3 is 2.43 bits per heavy atom. The van der Waals surface area contributed by atoms with Gasteiger partial charge in [-0.1, -0.05) is 38.5 Å². The summed E-state index contributed by atoms with van der Waals surface area (Å²) in [7, 11) is -3.64. The number of sulfonamides is 1. The fourth-order valence-corrected chi connectivity index (χ4v) is 4.54. The van der Waals surface area contributed by atoms with Gasteiger partial charge < -0.3 is 5.32 Å². The van der Waals surface area contributed by atoms with Crippen molar-refractivity contribution in [3.8, 4) is 0 Å². The minimum absolute atomic E-state index is 0.0596. The maximum Gasteiger partial charge on any atom is 0.263 e. The summed E-state index contributed by atoms with van der Waals surface area (Å²) < 4.78 is 27.1. The van der Waals surface area contributed by atoms with Crippen LogP contribution in [-0.2, 0) is 14.8 Å². The van der Waals surface area contributed by atoms with Gasteiger partial charge in [-0.15, -0.1) is 0 Å². The molecule has 1 aliphatic heterocycles. The van der Waals surface area contributed by atoms with Crippen LogP contribution < -0.4 is 10.0 Å². The van der Waals surface area contributed by atoms with Crippen LogP contribution in [0.3, 0.4) is 0 Å². The van der Waals surface area contributed by atoms with Crippen molar-refractivity contribution in [2.45, 2.75) is 45.1 Å². The van der Waals surface area contributed by atoms with E-state index in [1.54, 1.807) is 18.2 Å². The first kappa shape index (κ1) is 20.1. The van der Waals surface area contributed by atoms with Gasteiger partial charge in [-0.2, -0.15) is 0 Å². The highest BCUT2D eigenvalue weighted by atomic mass is 32.2. The Hall–Kier alpha value is -2.67. The fourth-order valence-electron chi connectivity index (χ4n) is 3.30. The van der Waals surface area contributed by atoms with Crippen molar-refractivity contribution >= 4 is 27.5 Å². The number of carbonyl (C=O) groups is 1. The molecule has 0 aromatic heterocycles. The van der Waals surface area contributed by atoms with E-state index in [0.29, 0.717) is 11.3 Å². The Morgan fingerprint density at radius 2 is 1.79 bits per heavy atom. The number of rotatable bonds is 5. The molecule has 2 aromatic rings. The van der Waals surface area contributed by atoms with Crippen LogP contribution in [0.1, 0.15) is 37.0 Å². The lowest BCUT2D eigenvalue weighted by Gasteiger charge is -2.20. The minimum atomic E-state index is -3.64. The van der Waals surface area contributed by atoms with Crippen LogP contribution in [0.2, 0.25) is 0 Å². The number of hydrogen-bond acceptors (Lipinski definition) is 4. The Kier molecular flexibility index (Phi) is 5.56. The SMILES string of the molecule is CCC(C)C(N=C1NS(=O)(=O)c2ccccc21)C(=O)Nc1cc(C)cc(C)c1. The number of benzene rings is 2. The van der Waals surface area contributed by atoms with Crippen molar-refractivity contribution in [2.24, 2.45) is 10.9 Å². The Labute approximate surface area is 166 Å². The van der Waals surface area contributed by atoms with Crippen LogP contribution in [-0.4, -0.2) is 26.2 Å². The minimum Gasteiger partial charge on any atom is -0.324 e. The first-order chi connectivity index (χ1) is 13.2. The zero-order chi connectivity index (χ0) is 20.5. The van der Waals surface area contributed by atoms with E-state index in [4.69, 9.17) is 0 Å². The number of amidine groups is 1. The molecule has 2 aromatic carbocycles. The molecule has 148 valence electrons. The van der Waals surface area contributed by atoms with E-state index in [2.05, 4.69) is 15.0 Å². The highest BCUT2D eigenvalue weighted by Gasteiger charge is 2.33. The number of nitrogens with zero attached hydrogens (tertiary/aromatic N) is 1. The molecule has 0 bridgehead atoms. The molecule has 2 unspecified atom stereocenters. The molecule has 28 heavy (non-hydrogen) atoms. The lowest BCUT2D eigenvalue weighted by Crippen LogP contribution is -2.34. The molecule has 1 heterocycles. The third kappa shape index (κ3) is 4.09. The number of hydrogen-bond donors (Lipinski definition) is 2. The van der Waals surface area contributed by atoms with Crippen LogP contribution >= 0.6 is 0 Å². The summed E-state index contributed by atoms with van der Waals surface area (Å²) in [6.45, 7) is 7.86. The van der Waals surface area contributed by atoms with Crippen LogP contribution in [0.25, 0.3) is 0 Å². The normalized spacial score (nSPS) is 18.2. The number of aryl methyl sites for hydroxylation is 2. The second kappa shape index (κ2) is 7.75. The molecular weight excluding hydrogens is 374 g/mol. The van der Waals surface area contributed by atoms with Crippen molar-refractivity contribution in [2.75, 3.05) is 5.32 Å². The summed E-state index contributed by atoms with van der Waals surface area (Å²) in [5.74, 6) is -0.0948. The lowest BCUT2D eigenvalue weighted by atomic mass is 9.98. The van der Waals surface area contributed by atoms with E-state index < -0.39 is 16.1 Å². The molecule has 0 saturated carbocycles. The highest BCUT2D eigenvalue weighted by Crippen LogP contribution is 2.24. The van der Waals surface area contributed by atoms with Crippen molar-refractivity contribution < 1.29 is 13.2 Å². The first-order valence-electron chi connectivity index (χ1n) is 9.30. The molecule has 1 aliphatic rings. The fraction of sp³-hybridized carbons (Fsp3) is 0.333. The van der Waals surface area contributed by atoms with Gasteiger partial charge in [0.15, 0.2) is 0 Å². The number of anilines is 1. The van der Waals surface area contributed by atoms with E-state index in [1.165, 1.54) is 6.07 Å². The first-order valence-corrected chi connectivity index (χ1v) is 10.8. The van der Waals surface area contributed by atoms with Gasteiger partial charge in [0.05, 0.1) is 4.90 Å². The van der Waals surface area contributed by atoms with E-state index in [0.717, 1.165) is 17.5 Å². The summed E-state index contributed by atoms with van der Waals surface area (Å²) in [5, 5.41) is 2.93. The second-order valence-corrected chi connectivity index (χ2v) is 8.93. The smallest absolute Gasteiger partial charge is 0.263 e. The van der Waals surface area contributed by atoms with Crippen LogP contribution in [0.15, 0.2) is 52.4 Å². The Balaban J connectivity index is 1.95. The molecule has 0 fully saturated rings. The molecule has 2 atom stereocenters. The van der Waals surface area contributed by atoms with Crippen molar-refractivity contribution in [3.63, 3.8) is 0 Å². The van der Waals surface area contributed by atoms with Gasteiger partial charge in [-0.25, -0.2) is 8.42 Å².